The molecule has 0 unspecified atom stereocenters. The summed E-state index contributed by atoms with van der Waals surface area (Å²) in [5, 5.41) is 0. The van der Waals surface area contributed by atoms with E-state index in [4.69, 9.17) is 4.42 Å². The zero-order valence-corrected chi connectivity index (χ0v) is 17.8. The zero-order valence-electron chi connectivity index (χ0n) is 17.0. The number of nitrogens with zero attached hydrogens (tertiary/aromatic N) is 4. The van der Waals surface area contributed by atoms with Gasteiger partial charge in [0.15, 0.2) is 5.58 Å². The second kappa shape index (κ2) is 8.56. The Balaban J connectivity index is 1.17. The van der Waals surface area contributed by atoms with Crippen LogP contribution >= 0.6 is 11.8 Å². The van der Waals surface area contributed by atoms with Crippen molar-refractivity contribution in [2.45, 2.75) is 31.7 Å². The van der Waals surface area contributed by atoms with Crippen molar-refractivity contribution in [2.75, 3.05) is 55.7 Å². The molecular formula is C22H30N4O2S. The van der Waals surface area contributed by atoms with Gasteiger partial charge in [-0.15, -0.1) is 0 Å². The van der Waals surface area contributed by atoms with Crippen LogP contribution in [0, 0.1) is 5.92 Å². The van der Waals surface area contributed by atoms with E-state index in [0.29, 0.717) is 11.9 Å². The van der Waals surface area contributed by atoms with E-state index in [1.54, 1.807) is 0 Å². The molecule has 0 saturated carbocycles. The van der Waals surface area contributed by atoms with Gasteiger partial charge in [-0.25, -0.2) is 0 Å². The standard InChI is InChI=1S/C22H30N4O2S/c27-21(24-12-14-29-15-13-24)17-4-3-9-26(16-17)18-7-10-25(11-8-18)22-23-19-5-1-2-6-20(19)28-22/h1-2,5-6,17-18H,3-4,7-16H2/t17-/m0/s1. The van der Waals surface area contributed by atoms with Crippen LogP contribution in [0.1, 0.15) is 25.7 Å². The Morgan fingerprint density at radius 1 is 1.03 bits per heavy atom. The Bertz CT molecular complexity index is 809. The smallest absolute Gasteiger partial charge is 0.298 e. The number of carbonyl (C=O) groups excluding carboxylic acids is 1. The maximum atomic E-state index is 13.0. The molecule has 2 aromatic rings. The zero-order chi connectivity index (χ0) is 19.6. The highest BCUT2D eigenvalue weighted by Crippen LogP contribution is 2.29. The third-order valence-corrected chi connectivity index (χ3v) is 7.60. The van der Waals surface area contributed by atoms with Crippen molar-refractivity contribution >= 4 is 34.8 Å². The molecule has 7 heteroatoms. The number of amides is 1. The van der Waals surface area contributed by atoms with E-state index in [-0.39, 0.29) is 5.92 Å². The van der Waals surface area contributed by atoms with Gasteiger partial charge in [0.2, 0.25) is 5.91 Å². The molecule has 1 aromatic carbocycles. The minimum absolute atomic E-state index is 0.196. The molecule has 0 radical (unpaired) electrons. The second-order valence-corrected chi connectivity index (χ2v) is 9.68. The number of oxazole rings is 1. The molecule has 0 spiro atoms. The molecule has 1 atom stereocenters. The highest BCUT2D eigenvalue weighted by Gasteiger charge is 2.34. The summed E-state index contributed by atoms with van der Waals surface area (Å²) in [6.07, 6.45) is 4.42. The number of carbonyl (C=O) groups is 1. The summed E-state index contributed by atoms with van der Waals surface area (Å²) >= 11 is 1.96. The predicted molar refractivity (Wildman–Crippen MR) is 117 cm³/mol. The average Bonchev–Trinajstić information content (AvgIpc) is 3.24. The number of aromatic nitrogens is 1. The molecule has 6 nitrogen and oxygen atoms in total. The molecular weight excluding hydrogens is 384 g/mol. The van der Waals surface area contributed by atoms with Gasteiger partial charge in [-0.3, -0.25) is 9.69 Å². The molecule has 0 aliphatic carbocycles. The largest absolute Gasteiger partial charge is 0.423 e. The first-order chi connectivity index (χ1) is 14.3. The molecule has 3 aliphatic rings. The van der Waals surface area contributed by atoms with Crippen molar-refractivity contribution < 1.29 is 9.21 Å². The highest BCUT2D eigenvalue weighted by atomic mass is 32.2. The van der Waals surface area contributed by atoms with E-state index < -0.39 is 0 Å². The van der Waals surface area contributed by atoms with Gasteiger partial charge in [-0.05, 0) is 44.4 Å². The Morgan fingerprint density at radius 2 is 1.83 bits per heavy atom. The van der Waals surface area contributed by atoms with Crippen LogP contribution in [0.2, 0.25) is 0 Å². The van der Waals surface area contributed by atoms with Gasteiger partial charge in [-0.2, -0.15) is 16.7 Å². The number of hydrogen-bond acceptors (Lipinski definition) is 6. The molecule has 1 aromatic heterocycles. The monoisotopic (exact) mass is 414 g/mol. The Morgan fingerprint density at radius 3 is 2.62 bits per heavy atom. The van der Waals surface area contributed by atoms with Crippen molar-refractivity contribution in [3.63, 3.8) is 0 Å². The number of piperidine rings is 2. The van der Waals surface area contributed by atoms with Crippen LogP contribution in [-0.2, 0) is 4.79 Å². The highest BCUT2D eigenvalue weighted by molar-refractivity contribution is 7.99. The van der Waals surface area contributed by atoms with Crippen LogP contribution in [0.4, 0.5) is 6.01 Å². The van der Waals surface area contributed by atoms with Crippen molar-refractivity contribution in [3.8, 4) is 0 Å². The lowest BCUT2D eigenvalue weighted by Gasteiger charge is -2.42. The summed E-state index contributed by atoms with van der Waals surface area (Å²) in [6.45, 7) is 5.88. The molecule has 0 N–H and O–H groups in total. The number of fused-ring (bicyclic) bond motifs is 1. The Labute approximate surface area is 176 Å². The molecule has 0 bridgehead atoms. The number of rotatable bonds is 3. The lowest BCUT2D eigenvalue weighted by molar-refractivity contribution is -0.137. The maximum Gasteiger partial charge on any atom is 0.298 e. The van der Waals surface area contributed by atoms with Crippen molar-refractivity contribution in [1.82, 2.24) is 14.8 Å². The lowest BCUT2D eigenvalue weighted by Crippen LogP contribution is -2.52. The first-order valence-electron chi connectivity index (χ1n) is 11.0. The summed E-state index contributed by atoms with van der Waals surface area (Å²) < 4.78 is 5.95. The van der Waals surface area contributed by atoms with Gasteiger partial charge in [-0.1, -0.05) is 12.1 Å². The van der Waals surface area contributed by atoms with E-state index in [2.05, 4.69) is 19.7 Å². The number of hydrogen-bond donors (Lipinski definition) is 0. The summed E-state index contributed by atoms with van der Waals surface area (Å²) in [4.78, 5) is 24.6. The molecule has 156 valence electrons. The van der Waals surface area contributed by atoms with E-state index in [0.717, 1.165) is 93.6 Å². The first-order valence-corrected chi connectivity index (χ1v) is 12.1. The van der Waals surface area contributed by atoms with E-state index in [1.807, 2.05) is 36.0 Å². The van der Waals surface area contributed by atoms with Crippen LogP contribution in [-0.4, -0.2) is 77.5 Å². The molecule has 1 amide bonds. The van der Waals surface area contributed by atoms with Crippen LogP contribution in [0.5, 0.6) is 0 Å². The van der Waals surface area contributed by atoms with E-state index in [9.17, 15) is 4.79 Å². The Hall–Kier alpha value is -1.73. The molecule has 29 heavy (non-hydrogen) atoms. The number of thioether (sulfide) groups is 1. The van der Waals surface area contributed by atoms with Gasteiger partial charge < -0.3 is 14.2 Å². The topological polar surface area (TPSA) is 52.8 Å². The summed E-state index contributed by atoms with van der Waals surface area (Å²) in [7, 11) is 0. The quantitative estimate of drug-likeness (QED) is 0.769. The number of likely N-dealkylation sites (tertiary alicyclic amines) is 1. The minimum Gasteiger partial charge on any atom is -0.423 e. The summed E-state index contributed by atoms with van der Waals surface area (Å²) in [5.74, 6) is 2.79. The van der Waals surface area contributed by atoms with Gasteiger partial charge in [0.1, 0.15) is 5.52 Å². The SMILES string of the molecule is O=C([C@H]1CCCN(C2CCN(c3nc4ccccc4o3)CC2)C1)N1CCSCC1. The van der Waals surface area contributed by atoms with E-state index in [1.165, 1.54) is 0 Å². The summed E-state index contributed by atoms with van der Waals surface area (Å²) in [6, 6.07) is 9.28. The third kappa shape index (κ3) is 4.12. The van der Waals surface area contributed by atoms with Gasteiger partial charge in [0.25, 0.3) is 6.01 Å². The minimum atomic E-state index is 0.196. The third-order valence-electron chi connectivity index (χ3n) is 6.66. The van der Waals surface area contributed by atoms with Crippen molar-refractivity contribution in [1.29, 1.82) is 0 Å². The van der Waals surface area contributed by atoms with Crippen LogP contribution in [0.15, 0.2) is 28.7 Å². The lowest BCUT2D eigenvalue weighted by atomic mass is 9.93. The molecule has 5 rings (SSSR count). The summed E-state index contributed by atoms with van der Waals surface area (Å²) in [5.41, 5.74) is 1.79. The number of benzene rings is 1. The number of para-hydroxylation sites is 2. The normalized spacial score (nSPS) is 24.9. The molecule has 4 heterocycles. The van der Waals surface area contributed by atoms with Crippen LogP contribution in [0.25, 0.3) is 11.1 Å². The van der Waals surface area contributed by atoms with Crippen molar-refractivity contribution in [3.05, 3.63) is 24.3 Å². The molecule has 3 aliphatic heterocycles. The van der Waals surface area contributed by atoms with Crippen molar-refractivity contribution in [2.24, 2.45) is 5.92 Å². The number of anilines is 1. The maximum absolute atomic E-state index is 13.0. The Kier molecular flexibility index (Phi) is 5.68. The van der Waals surface area contributed by atoms with E-state index >= 15 is 0 Å². The average molecular weight is 415 g/mol. The molecule has 3 saturated heterocycles. The van der Waals surface area contributed by atoms with Crippen LogP contribution < -0.4 is 4.90 Å². The first kappa shape index (κ1) is 19.2. The van der Waals surface area contributed by atoms with Crippen LogP contribution in [0.3, 0.4) is 0 Å². The molecule has 3 fully saturated rings. The fraction of sp³-hybridized carbons (Fsp3) is 0.636. The predicted octanol–water partition coefficient (Wildman–Crippen LogP) is 3.08. The second-order valence-electron chi connectivity index (χ2n) is 8.45. The van der Waals surface area contributed by atoms with Gasteiger partial charge in [0, 0.05) is 50.3 Å². The van der Waals surface area contributed by atoms with Gasteiger partial charge >= 0.3 is 0 Å². The fourth-order valence-corrected chi connectivity index (χ4v) is 5.90. The van der Waals surface area contributed by atoms with Gasteiger partial charge in [0.05, 0.1) is 5.92 Å². The fourth-order valence-electron chi connectivity index (χ4n) is 5.00.